The van der Waals surface area contributed by atoms with E-state index < -0.39 is 33.6 Å². The maximum atomic E-state index is 13.8. The van der Waals surface area contributed by atoms with Crippen LogP contribution in [-0.2, 0) is 14.8 Å². The van der Waals surface area contributed by atoms with Crippen LogP contribution in [-0.4, -0.2) is 26.6 Å². The molecule has 27 heavy (non-hydrogen) atoms. The molecular formula is C17H16Cl2F2N2O3S. The van der Waals surface area contributed by atoms with E-state index >= 15 is 0 Å². The van der Waals surface area contributed by atoms with Crippen LogP contribution in [0.25, 0.3) is 0 Å². The fourth-order valence-corrected chi connectivity index (χ4v) is 3.99. The minimum absolute atomic E-state index is 0.0853. The number of hydrogen-bond donors (Lipinski definition) is 1. The number of nitrogens with zero attached hydrogens (tertiary/aromatic N) is 1. The van der Waals surface area contributed by atoms with Crippen LogP contribution >= 0.6 is 23.2 Å². The molecule has 0 aliphatic carbocycles. The Balaban J connectivity index is 2.42. The van der Waals surface area contributed by atoms with Crippen LogP contribution in [0.5, 0.6) is 0 Å². The van der Waals surface area contributed by atoms with Crippen molar-refractivity contribution in [1.82, 2.24) is 0 Å². The molecule has 0 spiro atoms. The summed E-state index contributed by atoms with van der Waals surface area (Å²) in [5.74, 6) is -2.55. The first kappa shape index (κ1) is 21.4. The third-order valence-corrected chi connectivity index (χ3v) is 5.60. The zero-order valence-electron chi connectivity index (χ0n) is 14.3. The Bertz CT molecular complexity index is 971. The molecule has 2 aromatic carbocycles. The molecule has 0 aliphatic rings. The maximum absolute atomic E-state index is 13.8. The lowest BCUT2D eigenvalue weighted by molar-refractivity contribution is -0.117. The van der Waals surface area contributed by atoms with Crippen LogP contribution in [0.15, 0.2) is 36.4 Å². The standard InChI is InChI=1S/C17H16Cl2F2N2O3S/c1-3-16(17(24)22-15-7-4-10(20)8-14(15)21)23(27(2,25)26)11-5-6-12(18)13(19)9-11/h4-9,16H,3H2,1-2H3,(H,22,24)/t16-/m1/s1. The molecule has 0 radical (unpaired) electrons. The van der Waals surface area contributed by atoms with Gasteiger partial charge in [-0.3, -0.25) is 9.10 Å². The van der Waals surface area contributed by atoms with Crippen molar-refractivity contribution in [2.45, 2.75) is 19.4 Å². The molecule has 0 saturated heterocycles. The number of sulfonamides is 1. The minimum atomic E-state index is -3.90. The summed E-state index contributed by atoms with van der Waals surface area (Å²) in [4.78, 5) is 12.7. The second-order valence-electron chi connectivity index (χ2n) is 5.69. The molecule has 0 fully saturated rings. The average molecular weight is 437 g/mol. The van der Waals surface area contributed by atoms with Gasteiger partial charge in [0, 0.05) is 6.07 Å². The first-order valence-electron chi connectivity index (χ1n) is 7.75. The third-order valence-electron chi connectivity index (χ3n) is 3.68. The number of carbonyl (C=O) groups excluding carboxylic acids is 1. The highest BCUT2D eigenvalue weighted by atomic mass is 35.5. The second kappa shape index (κ2) is 8.41. The van der Waals surface area contributed by atoms with Gasteiger partial charge in [0.25, 0.3) is 0 Å². The minimum Gasteiger partial charge on any atom is -0.322 e. The summed E-state index contributed by atoms with van der Waals surface area (Å²) in [5, 5.41) is 2.63. The Morgan fingerprint density at radius 3 is 2.33 bits per heavy atom. The summed E-state index contributed by atoms with van der Waals surface area (Å²) in [7, 11) is -3.90. The Hall–Kier alpha value is -1.90. The lowest BCUT2D eigenvalue weighted by atomic mass is 10.1. The third kappa shape index (κ3) is 5.09. The van der Waals surface area contributed by atoms with Crippen molar-refractivity contribution in [3.8, 4) is 0 Å². The number of benzene rings is 2. The first-order chi connectivity index (χ1) is 12.5. The van der Waals surface area contributed by atoms with Crippen LogP contribution in [0.2, 0.25) is 10.0 Å². The van der Waals surface area contributed by atoms with Gasteiger partial charge in [0.1, 0.15) is 17.7 Å². The van der Waals surface area contributed by atoms with E-state index in [1.54, 1.807) is 6.92 Å². The summed E-state index contributed by atoms with van der Waals surface area (Å²) in [6.07, 6.45) is 1.02. The molecular weight excluding hydrogens is 421 g/mol. The highest BCUT2D eigenvalue weighted by Gasteiger charge is 2.32. The Morgan fingerprint density at radius 2 is 1.81 bits per heavy atom. The van der Waals surface area contributed by atoms with Gasteiger partial charge in [-0.05, 0) is 36.8 Å². The predicted octanol–water partition coefficient (Wildman–Crippen LogP) is 4.45. The van der Waals surface area contributed by atoms with Crippen LogP contribution in [0.3, 0.4) is 0 Å². The van der Waals surface area contributed by atoms with Gasteiger partial charge in [-0.2, -0.15) is 0 Å². The summed E-state index contributed by atoms with van der Waals surface area (Å²) >= 11 is 11.8. The van der Waals surface area contributed by atoms with Gasteiger partial charge in [-0.25, -0.2) is 17.2 Å². The zero-order chi connectivity index (χ0) is 20.4. The number of nitrogens with one attached hydrogen (secondary N) is 1. The lowest BCUT2D eigenvalue weighted by Gasteiger charge is -2.30. The van der Waals surface area contributed by atoms with Crippen molar-refractivity contribution >= 4 is 50.5 Å². The Labute approximate surface area is 165 Å². The summed E-state index contributed by atoms with van der Waals surface area (Å²) in [6.45, 7) is 1.60. The smallest absolute Gasteiger partial charge is 0.248 e. The molecule has 1 atom stereocenters. The lowest BCUT2D eigenvalue weighted by Crippen LogP contribution is -2.47. The predicted molar refractivity (Wildman–Crippen MR) is 103 cm³/mol. The fourth-order valence-electron chi connectivity index (χ4n) is 2.49. The molecule has 0 unspecified atom stereocenters. The van der Waals surface area contributed by atoms with Gasteiger partial charge in [-0.15, -0.1) is 0 Å². The van der Waals surface area contributed by atoms with E-state index in [1.165, 1.54) is 18.2 Å². The SMILES string of the molecule is CC[C@H](C(=O)Nc1ccc(F)cc1F)N(c1ccc(Cl)c(Cl)c1)S(C)(=O)=O. The number of carbonyl (C=O) groups is 1. The molecule has 0 aliphatic heterocycles. The van der Waals surface area contributed by atoms with Crippen LogP contribution in [0, 0.1) is 11.6 Å². The molecule has 146 valence electrons. The van der Waals surface area contributed by atoms with Crippen molar-refractivity contribution in [1.29, 1.82) is 0 Å². The van der Waals surface area contributed by atoms with Crippen LogP contribution < -0.4 is 9.62 Å². The zero-order valence-corrected chi connectivity index (χ0v) is 16.7. The van der Waals surface area contributed by atoms with Gasteiger partial charge < -0.3 is 5.32 Å². The maximum Gasteiger partial charge on any atom is 0.248 e. The molecule has 0 saturated carbocycles. The normalized spacial score (nSPS) is 12.5. The van der Waals surface area contributed by atoms with Crippen molar-refractivity contribution < 1.29 is 22.0 Å². The van der Waals surface area contributed by atoms with Gasteiger partial charge >= 0.3 is 0 Å². The molecule has 0 aromatic heterocycles. The van der Waals surface area contributed by atoms with Crippen LogP contribution in [0.4, 0.5) is 20.2 Å². The van der Waals surface area contributed by atoms with Crippen molar-refractivity contribution in [3.63, 3.8) is 0 Å². The molecule has 2 aromatic rings. The molecule has 1 N–H and O–H groups in total. The van der Waals surface area contributed by atoms with Gasteiger partial charge in [-0.1, -0.05) is 30.1 Å². The van der Waals surface area contributed by atoms with E-state index in [2.05, 4.69) is 5.32 Å². The number of amides is 1. The van der Waals surface area contributed by atoms with Crippen molar-refractivity contribution in [3.05, 3.63) is 58.1 Å². The first-order valence-corrected chi connectivity index (χ1v) is 10.4. The average Bonchev–Trinajstić information content (AvgIpc) is 2.56. The summed E-state index contributed by atoms with van der Waals surface area (Å²) in [5.41, 5.74) is -0.129. The van der Waals surface area contributed by atoms with E-state index in [0.717, 1.165) is 22.7 Å². The highest BCUT2D eigenvalue weighted by Crippen LogP contribution is 2.30. The fraction of sp³-hybridized carbons (Fsp3) is 0.235. The van der Waals surface area contributed by atoms with Crippen LogP contribution in [0.1, 0.15) is 13.3 Å². The van der Waals surface area contributed by atoms with Gasteiger partial charge in [0.2, 0.25) is 15.9 Å². The molecule has 0 bridgehead atoms. The molecule has 10 heteroatoms. The summed E-state index contributed by atoms with van der Waals surface area (Å²) in [6, 6.07) is 5.59. The van der Waals surface area contributed by atoms with E-state index in [1.807, 2.05) is 0 Å². The van der Waals surface area contributed by atoms with Crippen molar-refractivity contribution in [2.75, 3.05) is 15.9 Å². The molecule has 5 nitrogen and oxygen atoms in total. The number of anilines is 2. The quantitative estimate of drug-likeness (QED) is 0.726. The molecule has 2 rings (SSSR count). The summed E-state index contributed by atoms with van der Waals surface area (Å²) < 4.78 is 52.4. The molecule has 1 amide bonds. The molecule has 0 heterocycles. The number of halogens is 4. The van der Waals surface area contributed by atoms with Gasteiger partial charge in [0.15, 0.2) is 0 Å². The van der Waals surface area contributed by atoms with E-state index in [4.69, 9.17) is 23.2 Å². The monoisotopic (exact) mass is 436 g/mol. The largest absolute Gasteiger partial charge is 0.322 e. The van der Waals surface area contributed by atoms with E-state index in [9.17, 15) is 22.0 Å². The van der Waals surface area contributed by atoms with Crippen molar-refractivity contribution in [2.24, 2.45) is 0 Å². The van der Waals surface area contributed by atoms with Gasteiger partial charge in [0.05, 0.1) is 27.7 Å². The number of rotatable bonds is 6. The Morgan fingerprint density at radius 1 is 1.15 bits per heavy atom. The van der Waals surface area contributed by atoms with E-state index in [0.29, 0.717) is 6.07 Å². The van der Waals surface area contributed by atoms with E-state index in [-0.39, 0.29) is 27.8 Å². The number of hydrogen-bond acceptors (Lipinski definition) is 3. The highest BCUT2D eigenvalue weighted by molar-refractivity contribution is 7.92. The second-order valence-corrected chi connectivity index (χ2v) is 8.37. The Kier molecular flexibility index (Phi) is 6.67. The topological polar surface area (TPSA) is 66.5 Å².